The summed E-state index contributed by atoms with van der Waals surface area (Å²) in [7, 11) is -3.42. The van der Waals surface area contributed by atoms with E-state index in [9.17, 15) is 13.2 Å². The van der Waals surface area contributed by atoms with Crippen molar-refractivity contribution in [1.29, 1.82) is 0 Å². The first-order chi connectivity index (χ1) is 14.4. The first-order valence-electron chi connectivity index (χ1n) is 10.1. The van der Waals surface area contributed by atoms with Gasteiger partial charge in [0.1, 0.15) is 5.75 Å². The summed E-state index contributed by atoms with van der Waals surface area (Å²) in [4.78, 5) is 12.5. The van der Waals surface area contributed by atoms with Crippen molar-refractivity contribution in [3.05, 3.63) is 64.7 Å². The standard InChI is InChI=1S/C22H27ClN2O4S/c1-2-29-21-9-5-17(6-10-21)15-24-22(26)19-11-13-25(14-12-19)30(27,28)16-18-3-7-20(23)8-4-18/h3-10,19H,2,11-16H2,1H3,(H,24,26). The van der Waals surface area contributed by atoms with Crippen molar-refractivity contribution >= 4 is 27.5 Å². The van der Waals surface area contributed by atoms with Gasteiger partial charge >= 0.3 is 0 Å². The molecule has 1 aliphatic rings. The van der Waals surface area contributed by atoms with Crippen LogP contribution in [0, 0.1) is 5.92 Å². The maximum absolute atomic E-state index is 12.7. The Balaban J connectivity index is 1.47. The van der Waals surface area contributed by atoms with E-state index in [2.05, 4.69) is 5.32 Å². The van der Waals surface area contributed by atoms with Crippen LogP contribution >= 0.6 is 11.6 Å². The van der Waals surface area contributed by atoms with E-state index in [4.69, 9.17) is 16.3 Å². The summed E-state index contributed by atoms with van der Waals surface area (Å²) >= 11 is 5.86. The number of hydrogen-bond acceptors (Lipinski definition) is 4. The van der Waals surface area contributed by atoms with E-state index >= 15 is 0 Å². The minimum Gasteiger partial charge on any atom is -0.494 e. The van der Waals surface area contributed by atoms with Crippen LogP contribution in [0.1, 0.15) is 30.9 Å². The molecule has 0 spiro atoms. The molecule has 1 amide bonds. The third-order valence-electron chi connectivity index (χ3n) is 5.18. The van der Waals surface area contributed by atoms with Gasteiger partial charge in [0.05, 0.1) is 12.4 Å². The van der Waals surface area contributed by atoms with Gasteiger partial charge in [-0.2, -0.15) is 0 Å². The topological polar surface area (TPSA) is 75.7 Å². The zero-order valence-electron chi connectivity index (χ0n) is 17.0. The van der Waals surface area contributed by atoms with Crippen LogP contribution in [-0.4, -0.2) is 38.3 Å². The van der Waals surface area contributed by atoms with E-state index in [1.807, 2.05) is 31.2 Å². The Morgan fingerprint density at radius 2 is 1.67 bits per heavy atom. The van der Waals surface area contributed by atoms with Gasteiger partial charge in [-0.1, -0.05) is 35.9 Å². The van der Waals surface area contributed by atoms with E-state index < -0.39 is 10.0 Å². The largest absolute Gasteiger partial charge is 0.494 e. The number of halogens is 1. The molecule has 0 atom stereocenters. The Bertz CT molecular complexity index is 938. The molecule has 0 aliphatic carbocycles. The maximum atomic E-state index is 12.7. The first kappa shape index (κ1) is 22.6. The molecule has 0 bridgehead atoms. The molecule has 0 saturated carbocycles. The molecule has 0 unspecified atom stereocenters. The van der Waals surface area contributed by atoms with Gasteiger partial charge in [-0.3, -0.25) is 4.79 Å². The molecule has 1 heterocycles. The van der Waals surface area contributed by atoms with Gasteiger partial charge in [-0.25, -0.2) is 12.7 Å². The lowest BCUT2D eigenvalue weighted by molar-refractivity contribution is -0.126. The van der Waals surface area contributed by atoms with Crippen molar-refractivity contribution in [1.82, 2.24) is 9.62 Å². The molecule has 3 rings (SSSR count). The van der Waals surface area contributed by atoms with Gasteiger partial charge < -0.3 is 10.1 Å². The number of hydrogen-bond donors (Lipinski definition) is 1. The average molecular weight is 451 g/mol. The van der Waals surface area contributed by atoms with Crippen molar-refractivity contribution in [2.24, 2.45) is 5.92 Å². The van der Waals surface area contributed by atoms with Crippen molar-refractivity contribution in [2.45, 2.75) is 32.1 Å². The average Bonchev–Trinajstić information content (AvgIpc) is 2.75. The molecule has 1 aliphatic heterocycles. The summed E-state index contributed by atoms with van der Waals surface area (Å²) in [6.45, 7) is 3.71. The fraction of sp³-hybridized carbons (Fsp3) is 0.409. The fourth-order valence-electron chi connectivity index (χ4n) is 3.48. The van der Waals surface area contributed by atoms with Crippen LogP contribution in [0.25, 0.3) is 0 Å². The third-order valence-corrected chi connectivity index (χ3v) is 7.28. The van der Waals surface area contributed by atoms with Gasteiger partial charge in [0.15, 0.2) is 0 Å². The molecule has 2 aromatic rings. The normalized spacial score (nSPS) is 15.7. The molecule has 0 radical (unpaired) electrons. The van der Waals surface area contributed by atoms with Gasteiger partial charge in [-0.15, -0.1) is 0 Å². The Kier molecular flexibility index (Phi) is 7.75. The van der Waals surface area contributed by atoms with E-state index in [1.54, 1.807) is 24.3 Å². The van der Waals surface area contributed by atoms with Crippen LogP contribution in [0.3, 0.4) is 0 Å². The number of carbonyl (C=O) groups is 1. The van der Waals surface area contributed by atoms with Crippen molar-refractivity contribution < 1.29 is 17.9 Å². The Hall–Kier alpha value is -2.09. The summed E-state index contributed by atoms with van der Waals surface area (Å²) in [6.07, 6.45) is 1.05. The Morgan fingerprint density at radius 1 is 1.07 bits per heavy atom. The second kappa shape index (κ2) is 10.3. The lowest BCUT2D eigenvalue weighted by Gasteiger charge is -2.30. The summed E-state index contributed by atoms with van der Waals surface area (Å²) in [5.74, 6) is 0.548. The van der Waals surface area contributed by atoms with E-state index in [-0.39, 0.29) is 17.6 Å². The first-order valence-corrected chi connectivity index (χ1v) is 12.1. The molecule has 8 heteroatoms. The number of amides is 1. The molecule has 2 aromatic carbocycles. The van der Waals surface area contributed by atoms with Gasteiger partial charge in [0.2, 0.25) is 15.9 Å². The zero-order chi connectivity index (χ0) is 21.6. The lowest BCUT2D eigenvalue weighted by atomic mass is 9.97. The van der Waals surface area contributed by atoms with Gasteiger partial charge in [0.25, 0.3) is 0 Å². The smallest absolute Gasteiger partial charge is 0.223 e. The number of benzene rings is 2. The summed E-state index contributed by atoms with van der Waals surface area (Å²) in [5, 5.41) is 3.54. The van der Waals surface area contributed by atoms with Crippen LogP contribution in [0.2, 0.25) is 5.02 Å². The highest BCUT2D eigenvalue weighted by Gasteiger charge is 2.31. The number of piperidine rings is 1. The van der Waals surface area contributed by atoms with Crippen molar-refractivity contribution in [2.75, 3.05) is 19.7 Å². The van der Waals surface area contributed by atoms with Crippen LogP contribution in [0.15, 0.2) is 48.5 Å². The Labute approximate surface area is 183 Å². The number of ether oxygens (including phenoxy) is 1. The highest BCUT2D eigenvalue weighted by Crippen LogP contribution is 2.22. The SMILES string of the molecule is CCOc1ccc(CNC(=O)C2CCN(S(=O)(=O)Cc3ccc(Cl)cc3)CC2)cc1. The molecule has 1 N–H and O–H groups in total. The fourth-order valence-corrected chi connectivity index (χ4v) is 5.17. The lowest BCUT2D eigenvalue weighted by Crippen LogP contribution is -2.43. The summed E-state index contributed by atoms with van der Waals surface area (Å²) < 4.78 is 32.3. The second-order valence-corrected chi connectivity index (χ2v) is 9.76. The highest BCUT2D eigenvalue weighted by atomic mass is 35.5. The Morgan fingerprint density at radius 3 is 2.27 bits per heavy atom. The van der Waals surface area contributed by atoms with Gasteiger partial charge in [0, 0.05) is 30.6 Å². The molecule has 30 heavy (non-hydrogen) atoms. The van der Waals surface area contributed by atoms with Crippen LogP contribution in [0.4, 0.5) is 0 Å². The highest BCUT2D eigenvalue weighted by molar-refractivity contribution is 7.88. The second-order valence-electron chi connectivity index (χ2n) is 7.35. The third kappa shape index (κ3) is 6.20. The predicted molar refractivity (Wildman–Crippen MR) is 118 cm³/mol. The van der Waals surface area contributed by atoms with E-state index in [0.29, 0.717) is 49.7 Å². The molecular weight excluding hydrogens is 424 g/mol. The van der Waals surface area contributed by atoms with Crippen LogP contribution in [-0.2, 0) is 27.1 Å². The van der Waals surface area contributed by atoms with Crippen LogP contribution < -0.4 is 10.1 Å². The number of nitrogens with zero attached hydrogens (tertiary/aromatic N) is 1. The van der Waals surface area contributed by atoms with E-state index in [0.717, 1.165) is 11.3 Å². The zero-order valence-corrected chi connectivity index (χ0v) is 18.6. The van der Waals surface area contributed by atoms with E-state index in [1.165, 1.54) is 4.31 Å². The van der Waals surface area contributed by atoms with Crippen molar-refractivity contribution in [3.63, 3.8) is 0 Å². The minimum atomic E-state index is -3.42. The predicted octanol–water partition coefficient (Wildman–Crippen LogP) is 3.60. The molecule has 162 valence electrons. The molecular formula is C22H27ClN2O4S. The maximum Gasteiger partial charge on any atom is 0.223 e. The monoisotopic (exact) mass is 450 g/mol. The molecule has 0 aromatic heterocycles. The number of nitrogens with one attached hydrogen (secondary N) is 1. The number of carbonyl (C=O) groups excluding carboxylic acids is 1. The van der Waals surface area contributed by atoms with Crippen LogP contribution in [0.5, 0.6) is 5.75 Å². The molecule has 1 fully saturated rings. The summed E-state index contributed by atoms with van der Waals surface area (Å²) in [6, 6.07) is 14.4. The molecule has 1 saturated heterocycles. The summed E-state index contributed by atoms with van der Waals surface area (Å²) in [5.41, 5.74) is 1.70. The van der Waals surface area contributed by atoms with Gasteiger partial charge in [-0.05, 0) is 55.2 Å². The van der Waals surface area contributed by atoms with Crippen molar-refractivity contribution in [3.8, 4) is 5.75 Å². The number of sulfonamides is 1. The molecule has 6 nitrogen and oxygen atoms in total. The quantitative estimate of drug-likeness (QED) is 0.666. The minimum absolute atomic E-state index is 0.0290. The number of rotatable bonds is 8.